The highest BCUT2D eigenvalue weighted by molar-refractivity contribution is 7.98. The van der Waals surface area contributed by atoms with E-state index >= 15 is 0 Å². The molecule has 31 heavy (non-hydrogen) atoms. The number of carbonyl (C=O) groups is 3. The molecule has 5 rings (SSSR count). The summed E-state index contributed by atoms with van der Waals surface area (Å²) < 4.78 is 0. The van der Waals surface area contributed by atoms with E-state index in [1.54, 1.807) is 48.2 Å². The third kappa shape index (κ3) is 3.57. The third-order valence-corrected chi connectivity index (χ3v) is 5.86. The maximum absolute atomic E-state index is 12.4. The van der Waals surface area contributed by atoms with Crippen molar-refractivity contribution in [3.63, 3.8) is 0 Å². The number of rotatable bonds is 5. The van der Waals surface area contributed by atoms with Crippen LogP contribution in [-0.2, 0) is 10.6 Å². The Kier molecular flexibility index (Phi) is 4.76. The molecule has 0 saturated heterocycles. The number of thioether (sulfide) groups is 1. The van der Waals surface area contributed by atoms with E-state index in [2.05, 4.69) is 9.97 Å². The number of hydrogen-bond acceptors (Lipinski definition) is 6. The fourth-order valence-electron chi connectivity index (χ4n) is 3.30. The molecule has 152 valence electrons. The standard InChI is InChI=1S/C23H15N3O4S/c27-21-16-5-1-2-6-17(16)22(28)26(21)30-23(29)14-9-11-15(12-10-14)31-13-20-24-18-7-3-4-8-19(18)25-20/h1-12H,13H2,(H,24,25). The van der Waals surface area contributed by atoms with E-state index in [1.807, 2.05) is 24.3 Å². The maximum Gasteiger partial charge on any atom is 0.363 e. The van der Waals surface area contributed by atoms with E-state index < -0.39 is 17.8 Å². The van der Waals surface area contributed by atoms with Crippen LogP contribution >= 0.6 is 11.8 Å². The molecule has 0 atom stereocenters. The van der Waals surface area contributed by atoms with Crippen LogP contribution < -0.4 is 0 Å². The van der Waals surface area contributed by atoms with Crippen LogP contribution in [-0.4, -0.2) is 32.8 Å². The Balaban J connectivity index is 1.23. The number of nitrogens with one attached hydrogen (secondary N) is 1. The minimum absolute atomic E-state index is 0.220. The number of benzene rings is 3. The first-order chi connectivity index (χ1) is 15.1. The van der Waals surface area contributed by atoms with E-state index in [-0.39, 0.29) is 16.7 Å². The molecule has 0 bridgehead atoms. The van der Waals surface area contributed by atoms with E-state index in [4.69, 9.17) is 4.84 Å². The van der Waals surface area contributed by atoms with E-state index in [9.17, 15) is 14.4 Å². The van der Waals surface area contributed by atoms with Gasteiger partial charge in [0, 0.05) is 4.90 Å². The van der Waals surface area contributed by atoms with Gasteiger partial charge in [-0.2, -0.15) is 0 Å². The molecule has 0 radical (unpaired) electrons. The Labute approximate surface area is 181 Å². The SMILES string of the molecule is O=C(ON1C(=O)c2ccccc2C1=O)c1ccc(SCc2nc3ccccc3[nH]2)cc1. The average molecular weight is 429 g/mol. The lowest BCUT2D eigenvalue weighted by atomic mass is 10.1. The maximum atomic E-state index is 12.4. The van der Waals surface area contributed by atoms with Gasteiger partial charge in [0.2, 0.25) is 0 Å². The largest absolute Gasteiger partial charge is 0.363 e. The van der Waals surface area contributed by atoms with Gasteiger partial charge in [0.25, 0.3) is 11.8 Å². The number of fused-ring (bicyclic) bond motifs is 2. The van der Waals surface area contributed by atoms with Gasteiger partial charge in [0.1, 0.15) is 5.82 Å². The predicted octanol–water partition coefficient (Wildman–Crippen LogP) is 4.22. The van der Waals surface area contributed by atoms with Crippen molar-refractivity contribution >= 4 is 40.6 Å². The van der Waals surface area contributed by atoms with Gasteiger partial charge >= 0.3 is 5.97 Å². The van der Waals surface area contributed by atoms with Crippen LogP contribution in [0, 0.1) is 0 Å². The van der Waals surface area contributed by atoms with Crippen molar-refractivity contribution in [2.45, 2.75) is 10.6 Å². The molecule has 0 fully saturated rings. The van der Waals surface area contributed by atoms with Gasteiger partial charge in [-0.25, -0.2) is 9.78 Å². The van der Waals surface area contributed by atoms with Crippen molar-refractivity contribution in [1.29, 1.82) is 0 Å². The van der Waals surface area contributed by atoms with Crippen LogP contribution in [0.5, 0.6) is 0 Å². The van der Waals surface area contributed by atoms with Crippen LogP contribution in [0.3, 0.4) is 0 Å². The second-order valence-corrected chi connectivity index (χ2v) is 7.89. The Morgan fingerprint density at radius 1 is 0.903 bits per heavy atom. The Morgan fingerprint density at radius 2 is 1.55 bits per heavy atom. The summed E-state index contributed by atoms with van der Waals surface area (Å²) >= 11 is 1.57. The summed E-state index contributed by atoms with van der Waals surface area (Å²) in [6.45, 7) is 0. The summed E-state index contributed by atoms with van der Waals surface area (Å²) in [7, 11) is 0. The number of hydrogen-bond donors (Lipinski definition) is 1. The third-order valence-electron chi connectivity index (χ3n) is 4.83. The molecule has 0 spiro atoms. The minimum Gasteiger partial charge on any atom is -0.341 e. The second kappa shape index (κ2) is 7.73. The number of aromatic nitrogens is 2. The summed E-state index contributed by atoms with van der Waals surface area (Å²) in [4.78, 5) is 50.9. The van der Waals surface area contributed by atoms with Gasteiger partial charge in [0.05, 0.1) is 33.5 Å². The van der Waals surface area contributed by atoms with Crippen LogP contribution in [0.2, 0.25) is 0 Å². The molecule has 1 aromatic heterocycles. The van der Waals surface area contributed by atoms with Crippen molar-refractivity contribution in [2.24, 2.45) is 0 Å². The van der Waals surface area contributed by atoms with Crippen LogP contribution in [0.25, 0.3) is 11.0 Å². The number of amides is 2. The number of hydroxylamine groups is 2. The number of imide groups is 1. The molecule has 3 aromatic carbocycles. The van der Waals surface area contributed by atoms with Gasteiger partial charge in [0.15, 0.2) is 0 Å². The average Bonchev–Trinajstić information content (AvgIpc) is 3.33. The monoisotopic (exact) mass is 429 g/mol. The van der Waals surface area contributed by atoms with Crippen LogP contribution in [0.4, 0.5) is 0 Å². The number of para-hydroxylation sites is 2. The quantitative estimate of drug-likeness (QED) is 0.377. The highest BCUT2D eigenvalue weighted by atomic mass is 32.2. The molecule has 0 saturated carbocycles. The van der Waals surface area contributed by atoms with E-state index in [0.717, 1.165) is 21.8 Å². The smallest absolute Gasteiger partial charge is 0.341 e. The summed E-state index contributed by atoms with van der Waals surface area (Å²) in [6, 6.07) is 20.9. The molecular weight excluding hydrogens is 414 g/mol. The van der Waals surface area contributed by atoms with E-state index in [1.165, 1.54) is 12.1 Å². The Morgan fingerprint density at radius 3 is 2.23 bits per heavy atom. The molecular formula is C23H15N3O4S. The first-order valence-electron chi connectivity index (χ1n) is 9.47. The molecule has 4 aromatic rings. The molecule has 2 heterocycles. The Bertz CT molecular complexity index is 1260. The molecule has 8 heteroatoms. The number of aromatic amines is 1. The fraction of sp³-hybridized carbons (Fsp3) is 0.0435. The van der Waals surface area contributed by atoms with Gasteiger partial charge < -0.3 is 9.82 Å². The fourth-order valence-corrected chi connectivity index (χ4v) is 4.07. The summed E-state index contributed by atoms with van der Waals surface area (Å²) in [6.07, 6.45) is 0. The van der Waals surface area contributed by atoms with Gasteiger partial charge in [-0.05, 0) is 48.5 Å². The summed E-state index contributed by atoms with van der Waals surface area (Å²) in [5.74, 6) is -0.560. The molecule has 7 nitrogen and oxygen atoms in total. The van der Waals surface area contributed by atoms with Gasteiger partial charge in [-0.15, -0.1) is 11.8 Å². The molecule has 1 aliphatic rings. The highest BCUT2D eigenvalue weighted by Gasteiger charge is 2.38. The van der Waals surface area contributed by atoms with Crippen molar-refractivity contribution in [3.8, 4) is 0 Å². The number of carbonyl (C=O) groups excluding carboxylic acids is 3. The zero-order valence-corrected chi connectivity index (χ0v) is 16.9. The van der Waals surface area contributed by atoms with Crippen molar-refractivity contribution < 1.29 is 19.2 Å². The second-order valence-electron chi connectivity index (χ2n) is 6.84. The molecule has 0 unspecified atom stereocenters. The zero-order chi connectivity index (χ0) is 21.4. The minimum atomic E-state index is -0.775. The van der Waals surface area contributed by atoms with Crippen molar-refractivity contribution in [1.82, 2.24) is 15.0 Å². The van der Waals surface area contributed by atoms with Crippen LogP contribution in [0.15, 0.2) is 77.7 Å². The van der Waals surface area contributed by atoms with Gasteiger partial charge in [-0.3, -0.25) is 9.59 Å². The lowest BCUT2D eigenvalue weighted by Crippen LogP contribution is -2.32. The Hall–Kier alpha value is -3.91. The summed E-state index contributed by atoms with van der Waals surface area (Å²) in [5.41, 5.74) is 2.59. The predicted molar refractivity (Wildman–Crippen MR) is 114 cm³/mol. The first-order valence-corrected chi connectivity index (χ1v) is 10.5. The number of H-pyrrole nitrogens is 1. The molecule has 2 amide bonds. The lowest BCUT2D eigenvalue weighted by Gasteiger charge is -2.12. The molecule has 1 N–H and O–H groups in total. The van der Waals surface area contributed by atoms with Crippen molar-refractivity contribution in [3.05, 3.63) is 95.3 Å². The highest BCUT2D eigenvalue weighted by Crippen LogP contribution is 2.25. The molecule has 0 aliphatic carbocycles. The normalized spacial score (nSPS) is 13.0. The van der Waals surface area contributed by atoms with Gasteiger partial charge in [-0.1, -0.05) is 29.3 Å². The zero-order valence-electron chi connectivity index (χ0n) is 16.1. The lowest BCUT2D eigenvalue weighted by molar-refractivity contribution is -0.0584. The number of nitrogens with zero attached hydrogens (tertiary/aromatic N) is 2. The molecule has 1 aliphatic heterocycles. The first kappa shape index (κ1) is 19.1. The summed E-state index contributed by atoms with van der Waals surface area (Å²) in [5, 5.41) is 0.511. The van der Waals surface area contributed by atoms with Crippen molar-refractivity contribution in [2.75, 3.05) is 0 Å². The number of imidazole rings is 1. The van der Waals surface area contributed by atoms with Crippen LogP contribution in [0.1, 0.15) is 36.9 Å². The topological polar surface area (TPSA) is 92.4 Å². The van der Waals surface area contributed by atoms with E-state index in [0.29, 0.717) is 10.8 Å².